The Bertz CT molecular complexity index is 816. The quantitative estimate of drug-likeness (QED) is 0.334. The van der Waals surface area contributed by atoms with Gasteiger partial charge in [-0.25, -0.2) is 0 Å². The summed E-state index contributed by atoms with van der Waals surface area (Å²) in [6.07, 6.45) is 0. The van der Waals surface area contributed by atoms with Crippen LogP contribution in [0.4, 0.5) is 0 Å². The third kappa shape index (κ3) is 5.76. The highest BCUT2D eigenvalue weighted by atomic mass is 32.2. The summed E-state index contributed by atoms with van der Waals surface area (Å²) in [5, 5.41) is 0. The molecule has 0 N–H and O–H groups in total. The predicted octanol–water partition coefficient (Wildman–Crippen LogP) is 4.83. The summed E-state index contributed by atoms with van der Waals surface area (Å²) < 4.78 is 22.4. The largest absolute Gasteiger partial charge is 0.486 e. The number of hydrogen-bond acceptors (Lipinski definition) is 4. The first kappa shape index (κ1) is 21.2. The van der Waals surface area contributed by atoms with Crippen LogP contribution in [-0.2, 0) is 20.4 Å². The van der Waals surface area contributed by atoms with Crippen molar-refractivity contribution < 1.29 is 18.9 Å². The molecule has 0 aromatic heterocycles. The molecule has 0 amide bonds. The SMILES string of the molecule is COCCOc1ccccc1[S+](c1ccccc1)c1ccccc1OCCOC. The molecule has 3 aromatic rings. The van der Waals surface area contributed by atoms with Gasteiger partial charge >= 0.3 is 0 Å². The van der Waals surface area contributed by atoms with Gasteiger partial charge in [0.15, 0.2) is 16.4 Å². The van der Waals surface area contributed by atoms with Crippen LogP contribution in [0.25, 0.3) is 0 Å². The average Bonchev–Trinajstić information content (AvgIpc) is 2.77. The molecule has 0 aliphatic carbocycles. The van der Waals surface area contributed by atoms with Crippen molar-refractivity contribution in [3.63, 3.8) is 0 Å². The molecule has 3 rings (SSSR count). The second kappa shape index (κ2) is 11.5. The minimum atomic E-state index is -0.380. The van der Waals surface area contributed by atoms with Crippen LogP contribution in [0.5, 0.6) is 11.5 Å². The second-order valence-corrected chi connectivity index (χ2v) is 8.16. The molecular weight excluding hydrogens is 384 g/mol. The Morgan fingerprint density at radius 3 is 1.48 bits per heavy atom. The third-order valence-corrected chi connectivity index (χ3v) is 6.50. The van der Waals surface area contributed by atoms with Gasteiger partial charge in [-0.1, -0.05) is 42.5 Å². The van der Waals surface area contributed by atoms with Gasteiger partial charge in [-0.05, 0) is 36.4 Å². The summed E-state index contributed by atoms with van der Waals surface area (Å²) in [5.41, 5.74) is 0. The van der Waals surface area contributed by atoms with E-state index < -0.39 is 0 Å². The van der Waals surface area contributed by atoms with Crippen LogP contribution in [0.1, 0.15) is 0 Å². The van der Waals surface area contributed by atoms with Crippen LogP contribution in [0, 0.1) is 0 Å². The Kier molecular flexibility index (Phi) is 8.43. The molecule has 29 heavy (non-hydrogen) atoms. The third-order valence-electron chi connectivity index (χ3n) is 4.21. The molecule has 0 aliphatic rings. The molecule has 0 saturated heterocycles. The van der Waals surface area contributed by atoms with Crippen LogP contribution >= 0.6 is 0 Å². The maximum absolute atomic E-state index is 6.06. The lowest BCUT2D eigenvalue weighted by Gasteiger charge is -2.15. The Balaban J connectivity index is 2.05. The van der Waals surface area contributed by atoms with Gasteiger partial charge in [0.25, 0.3) is 0 Å². The van der Waals surface area contributed by atoms with Crippen molar-refractivity contribution in [3.8, 4) is 11.5 Å². The Labute approximate surface area is 175 Å². The lowest BCUT2D eigenvalue weighted by Crippen LogP contribution is -2.12. The normalized spacial score (nSPS) is 10.9. The summed E-state index contributed by atoms with van der Waals surface area (Å²) in [6.45, 7) is 2.10. The van der Waals surface area contributed by atoms with E-state index in [0.29, 0.717) is 26.4 Å². The lowest BCUT2D eigenvalue weighted by atomic mass is 10.3. The lowest BCUT2D eigenvalue weighted by molar-refractivity contribution is 0.144. The van der Waals surface area contributed by atoms with Crippen LogP contribution in [-0.4, -0.2) is 40.6 Å². The van der Waals surface area contributed by atoms with Crippen LogP contribution < -0.4 is 9.47 Å². The second-order valence-electron chi connectivity index (χ2n) is 6.20. The molecule has 0 heterocycles. The molecule has 0 atom stereocenters. The van der Waals surface area contributed by atoms with Gasteiger partial charge in [-0.2, -0.15) is 0 Å². The molecular formula is C24H27O4S+. The number of benzene rings is 3. The fraction of sp³-hybridized carbons (Fsp3) is 0.250. The number of ether oxygens (including phenoxy) is 4. The van der Waals surface area contributed by atoms with Crippen molar-refractivity contribution in [1.82, 2.24) is 0 Å². The van der Waals surface area contributed by atoms with Crippen molar-refractivity contribution in [1.29, 1.82) is 0 Å². The van der Waals surface area contributed by atoms with E-state index in [0.717, 1.165) is 21.3 Å². The fourth-order valence-electron chi connectivity index (χ4n) is 2.87. The molecule has 0 spiro atoms. The maximum Gasteiger partial charge on any atom is 0.208 e. The van der Waals surface area contributed by atoms with Gasteiger partial charge in [0.05, 0.1) is 13.2 Å². The minimum absolute atomic E-state index is 0.380. The first-order valence-electron chi connectivity index (χ1n) is 9.56. The van der Waals surface area contributed by atoms with Crippen LogP contribution in [0.15, 0.2) is 93.5 Å². The number of para-hydroxylation sites is 2. The van der Waals surface area contributed by atoms with Crippen molar-refractivity contribution >= 4 is 10.9 Å². The Morgan fingerprint density at radius 1 is 0.552 bits per heavy atom. The molecule has 0 unspecified atom stereocenters. The van der Waals surface area contributed by atoms with Crippen molar-refractivity contribution in [2.75, 3.05) is 40.6 Å². The summed E-state index contributed by atoms with van der Waals surface area (Å²) >= 11 is 0. The maximum atomic E-state index is 6.06. The van der Waals surface area contributed by atoms with Gasteiger partial charge in [0.1, 0.15) is 24.1 Å². The Hall–Kier alpha value is -2.47. The van der Waals surface area contributed by atoms with Crippen molar-refractivity contribution in [3.05, 3.63) is 78.9 Å². The highest BCUT2D eigenvalue weighted by molar-refractivity contribution is 7.97. The van der Waals surface area contributed by atoms with E-state index in [1.165, 1.54) is 4.90 Å². The molecule has 0 saturated carbocycles. The predicted molar refractivity (Wildman–Crippen MR) is 116 cm³/mol. The fourth-order valence-corrected chi connectivity index (χ4v) is 5.13. The minimum Gasteiger partial charge on any atom is -0.486 e. The number of hydrogen-bond donors (Lipinski definition) is 0. The van der Waals surface area contributed by atoms with Crippen LogP contribution in [0.3, 0.4) is 0 Å². The van der Waals surface area contributed by atoms with E-state index in [-0.39, 0.29) is 10.9 Å². The highest BCUT2D eigenvalue weighted by Crippen LogP contribution is 2.40. The molecule has 0 aliphatic heterocycles. The monoisotopic (exact) mass is 411 g/mol. The van der Waals surface area contributed by atoms with Crippen molar-refractivity contribution in [2.24, 2.45) is 0 Å². The standard InChI is InChI=1S/C24H27O4S/c1-25-16-18-27-21-12-6-8-14-23(21)29(20-10-4-3-5-11-20)24-15-9-7-13-22(24)28-19-17-26-2/h3-15H,16-19H2,1-2H3/q+1. The van der Waals surface area contributed by atoms with Gasteiger partial charge in [-0.3, -0.25) is 0 Å². The number of rotatable bonds is 11. The zero-order valence-electron chi connectivity index (χ0n) is 16.9. The van der Waals surface area contributed by atoms with Gasteiger partial charge in [0, 0.05) is 14.2 Å². The first-order chi connectivity index (χ1) is 14.3. The summed E-state index contributed by atoms with van der Waals surface area (Å²) in [5.74, 6) is 1.73. The molecule has 5 heteroatoms. The van der Waals surface area contributed by atoms with Gasteiger partial charge in [-0.15, -0.1) is 0 Å². The van der Waals surface area contributed by atoms with E-state index in [1.54, 1.807) is 14.2 Å². The molecule has 4 nitrogen and oxygen atoms in total. The first-order valence-corrected chi connectivity index (χ1v) is 10.8. The van der Waals surface area contributed by atoms with E-state index in [1.807, 2.05) is 30.3 Å². The Morgan fingerprint density at radius 2 is 1.00 bits per heavy atom. The van der Waals surface area contributed by atoms with Crippen LogP contribution in [0.2, 0.25) is 0 Å². The summed E-state index contributed by atoms with van der Waals surface area (Å²) in [4.78, 5) is 3.45. The molecule has 152 valence electrons. The summed E-state index contributed by atoms with van der Waals surface area (Å²) in [7, 11) is 2.98. The topological polar surface area (TPSA) is 36.9 Å². The zero-order chi connectivity index (χ0) is 20.3. The smallest absolute Gasteiger partial charge is 0.208 e. The van der Waals surface area contributed by atoms with Gasteiger partial charge < -0.3 is 18.9 Å². The van der Waals surface area contributed by atoms with E-state index >= 15 is 0 Å². The molecule has 0 radical (unpaired) electrons. The van der Waals surface area contributed by atoms with Crippen molar-refractivity contribution in [2.45, 2.75) is 14.7 Å². The molecule has 3 aromatic carbocycles. The molecule has 0 fully saturated rings. The molecule has 0 bridgehead atoms. The summed E-state index contributed by atoms with van der Waals surface area (Å²) in [6, 6.07) is 26.9. The average molecular weight is 412 g/mol. The highest BCUT2D eigenvalue weighted by Gasteiger charge is 2.34. The number of methoxy groups -OCH3 is 2. The van der Waals surface area contributed by atoms with Gasteiger partial charge in [0.2, 0.25) is 9.79 Å². The zero-order valence-corrected chi connectivity index (χ0v) is 17.7. The van der Waals surface area contributed by atoms with E-state index in [4.69, 9.17) is 18.9 Å². The van der Waals surface area contributed by atoms with E-state index in [2.05, 4.69) is 48.5 Å². The van der Waals surface area contributed by atoms with E-state index in [9.17, 15) is 0 Å².